The van der Waals surface area contributed by atoms with Gasteiger partial charge in [-0.05, 0) is 136 Å². The van der Waals surface area contributed by atoms with Gasteiger partial charge in [-0.1, -0.05) is 141 Å². The van der Waals surface area contributed by atoms with Gasteiger partial charge in [0.1, 0.15) is 0 Å². The Morgan fingerprint density at radius 1 is 0.459 bits per heavy atom. The number of fused-ring (bicyclic) bond motifs is 9. The molecule has 2 heterocycles. The van der Waals surface area contributed by atoms with E-state index in [2.05, 4.69) is 237 Å². The van der Waals surface area contributed by atoms with E-state index in [1.165, 1.54) is 100 Å². The molecule has 3 aliphatic rings. The third-order valence-electron chi connectivity index (χ3n) is 13.6. The van der Waals surface area contributed by atoms with E-state index in [1.807, 2.05) is 0 Å². The molecule has 0 bridgehead atoms. The summed E-state index contributed by atoms with van der Waals surface area (Å²) in [4.78, 5) is 7.51. The zero-order valence-electron chi connectivity index (χ0n) is 34.9. The minimum Gasteiger partial charge on any atom is -0.311 e. The van der Waals surface area contributed by atoms with E-state index in [9.17, 15) is 0 Å². The summed E-state index contributed by atoms with van der Waals surface area (Å²) in [6.07, 6.45) is 0. The van der Waals surface area contributed by atoms with Gasteiger partial charge in [0.2, 0.25) is 0 Å². The highest BCUT2D eigenvalue weighted by atomic mass is 15.2. The fourth-order valence-electron chi connectivity index (χ4n) is 11.0. The van der Waals surface area contributed by atoms with E-state index < -0.39 is 0 Å². The topological polar surface area (TPSA) is 9.72 Å². The first-order chi connectivity index (χ1) is 29.9. The summed E-state index contributed by atoms with van der Waals surface area (Å²) in [7, 11) is 0. The number of aryl methyl sites for hydroxylation is 2. The molecule has 0 atom stereocenters. The maximum absolute atomic E-state index is 2.60. The summed E-state index contributed by atoms with van der Waals surface area (Å²) < 4.78 is 0. The molecular formula is C57H44BN3. The molecule has 0 radical (unpaired) electrons. The van der Waals surface area contributed by atoms with E-state index in [1.54, 1.807) is 0 Å². The molecule has 0 unspecified atom stereocenters. The molecule has 9 aromatic carbocycles. The average molecular weight is 782 g/mol. The quantitative estimate of drug-likeness (QED) is 0.161. The highest BCUT2D eigenvalue weighted by molar-refractivity contribution is 7.00. The Hall–Kier alpha value is -7.30. The Bertz CT molecular complexity index is 3150. The predicted octanol–water partition coefficient (Wildman–Crippen LogP) is 13.3. The number of nitrogens with zero attached hydrogens (tertiary/aromatic N) is 3. The zero-order chi connectivity index (χ0) is 41.0. The largest absolute Gasteiger partial charge is 0.311 e. The van der Waals surface area contributed by atoms with Gasteiger partial charge in [-0.25, -0.2) is 0 Å². The van der Waals surface area contributed by atoms with Crippen LogP contribution in [0.1, 0.15) is 36.1 Å². The van der Waals surface area contributed by atoms with Crippen LogP contribution >= 0.6 is 0 Å². The lowest BCUT2D eigenvalue weighted by atomic mass is 9.33. The fraction of sp³-hybridized carbons (Fsp3) is 0.0877. The number of benzene rings is 9. The van der Waals surface area contributed by atoms with Gasteiger partial charge in [-0.15, -0.1) is 0 Å². The average Bonchev–Trinajstić information content (AvgIpc) is 3.52. The van der Waals surface area contributed by atoms with Gasteiger partial charge in [0.25, 0.3) is 6.71 Å². The van der Waals surface area contributed by atoms with E-state index in [4.69, 9.17) is 0 Å². The fourth-order valence-corrected chi connectivity index (χ4v) is 11.0. The normalized spacial score (nSPS) is 13.9. The van der Waals surface area contributed by atoms with Gasteiger partial charge in [-0.3, -0.25) is 0 Å². The molecular weight excluding hydrogens is 737 g/mol. The molecule has 1 aliphatic carbocycles. The summed E-state index contributed by atoms with van der Waals surface area (Å²) >= 11 is 0. The van der Waals surface area contributed by atoms with Crippen LogP contribution in [0.5, 0.6) is 0 Å². The van der Waals surface area contributed by atoms with Crippen LogP contribution < -0.4 is 31.1 Å². The van der Waals surface area contributed by atoms with Crippen molar-refractivity contribution in [2.24, 2.45) is 0 Å². The van der Waals surface area contributed by atoms with Crippen LogP contribution in [0.15, 0.2) is 194 Å². The molecule has 0 saturated heterocycles. The molecule has 0 spiro atoms. The molecule has 0 N–H and O–H groups in total. The summed E-state index contributed by atoms with van der Waals surface area (Å²) in [6.45, 7) is 9.45. The minimum atomic E-state index is -0.287. The molecule has 2 aliphatic heterocycles. The molecule has 0 aromatic heterocycles. The standard InChI is InChI=1S/C57H44BN3/c1-37-20-18-21-38(2)56(37)61-51-33-19-32-50-55(51)58(47-30-16-17-31-49(47)60(50)41-26-12-7-13-27-41)48-35-45-44(34-53(48)61)54-43-29-15-14-28-42(43)52(36-46(54)57(45,3)4)59(39-22-8-5-9-23-39)40-24-10-6-11-25-40/h5-36H,1-4H3. The molecule has 4 heteroatoms. The SMILES string of the molecule is Cc1cccc(C)c1N1c2cc3c(cc2B2c4ccccc4N(c4ccccc4)c4cccc1c42)C(C)(C)c1cc(N(c2ccccc2)c2ccccc2)c2ccccc2c1-3. The zero-order valence-corrected chi connectivity index (χ0v) is 34.9. The summed E-state index contributed by atoms with van der Waals surface area (Å²) in [5.74, 6) is 0. The first kappa shape index (κ1) is 35.6. The molecule has 0 amide bonds. The number of hydrogen-bond donors (Lipinski definition) is 0. The minimum absolute atomic E-state index is 0.0432. The Morgan fingerprint density at radius 3 is 1.70 bits per heavy atom. The lowest BCUT2D eigenvalue weighted by Gasteiger charge is -2.45. The van der Waals surface area contributed by atoms with Crippen LogP contribution in [-0.4, -0.2) is 6.71 Å². The van der Waals surface area contributed by atoms with E-state index >= 15 is 0 Å². The van der Waals surface area contributed by atoms with Gasteiger partial charge in [0.05, 0.1) is 11.4 Å². The molecule has 3 nitrogen and oxygen atoms in total. The summed E-state index contributed by atoms with van der Waals surface area (Å²) in [5.41, 5.74) is 22.5. The highest BCUT2D eigenvalue weighted by Crippen LogP contribution is 2.56. The maximum atomic E-state index is 2.60. The summed E-state index contributed by atoms with van der Waals surface area (Å²) in [6, 6.07) is 72.0. The molecule has 0 fully saturated rings. The first-order valence-corrected chi connectivity index (χ1v) is 21.5. The number of rotatable bonds is 5. The van der Waals surface area contributed by atoms with Gasteiger partial charge in [-0.2, -0.15) is 0 Å². The van der Waals surface area contributed by atoms with Crippen LogP contribution in [-0.2, 0) is 5.41 Å². The lowest BCUT2D eigenvalue weighted by Crippen LogP contribution is -2.61. The monoisotopic (exact) mass is 781 g/mol. The van der Waals surface area contributed by atoms with Crippen molar-refractivity contribution in [3.05, 3.63) is 216 Å². The van der Waals surface area contributed by atoms with Crippen LogP contribution in [0.3, 0.4) is 0 Å². The Kier molecular flexibility index (Phi) is 7.80. The maximum Gasteiger partial charge on any atom is 0.252 e. The predicted molar refractivity (Wildman–Crippen MR) is 260 cm³/mol. The van der Waals surface area contributed by atoms with E-state index in [0.717, 1.165) is 11.4 Å². The third kappa shape index (κ3) is 5.12. The molecule has 61 heavy (non-hydrogen) atoms. The Labute approximate surface area is 358 Å². The number of hydrogen-bond acceptors (Lipinski definition) is 3. The number of para-hydroxylation sites is 5. The second-order valence-electron chi connectivity index (χ2n) is 17.4. The van der Waals surface area contributed by atoms with Crippen molar-refractivity contribution in [1.82, 2.24) is 0 Å². The van der Waals surface area contributed by atoms with E-state index in [-0.39, 0.29) is 12.1 Å². The van der Waals surface area contributed by atoms with Gasteiger partial charge in [0, 0.05) is 50.6 Å². The smallest absolute Gasteiger partial charge is 0.252 e. The Balaban J connectivity index is 1.16. The third-order valence-corrected chi connectivity index (χ3v) is 13.6. The van der Waals surface area contributed by atoms with Crippen molar-refractivity contribution in [2.75, 3.05) is 14.7 Å². The first-order valence-electron chi connectivity index (χ1n) is 21.5. The van der Waals surface area contributed by atoms with Gasteiger partial charge >= 0.3 is 0 Å². The van der Waals surface area contributed by atoms with Crippen LogP contribution in [0, 0.1) is 13.8 Å². The molecule has 12 rings (SSSR count). The van der Waals surface area contributed by atoms with Crippen molar-refractivity contribution in [1.29, 1.82) is 0 Å². The molecule has 9 aromatic rings. The van der Waals surface area contributed by atoms with Crippen LogP contribution in [0.25, 0.3) is 21.9 Å². The highest BCUT2D eigenvalue weighted by Gasteiger charge is 2.46. The lowest BCUT2D eigenvalue weighted by molar-refractivity contribution is 0.661. The van der Waals surface area contributed by atoms with Crippen molar-refractivity contribution in [3.8, 4) is 11.1 Å². The van der Waals surface area contributed by atoms with Crippen molar-refractivity contribution in [3.63, 3.8) is 0 Å². The Morgan fingerprint density at radius 2 is 1.02 bits per heavy atom. The second kappa shape index (κ2) is 13.4. The van der Waals surface area contributed by atoms with Crippen molar-refractivity contribution >= 4 is 85.1 Å². The molecule has 290 valence electrons. The van der Waals surface area contributed by atoms with Crippen molar-refractivity contribution < 1.29 is 0 Å². The van der Waals surface area contributed by atoms with Gasteiger partial charge in [0.15, 0.2) is 0 Å². The van der Waals surface area contributed by atoms with E-state index in [0.29, 0.717) is 0 Å². The number of anilines is 9. The van der Waals surface area contributed by atoms with Crippen LogP contribution in [0.2, 0.25) is 0 Å². The second-order valence-corrected chi connectivity index (χ2v) is 17.4. The van der Waals surface area contributed by atoms with Crippen LogP contribution in [0.4, 0.5) is 51.2 Å². The van der Waals surface area contributed by atoms with Gasteiger partial charge < -0.3 is 14.7 Å². The molecule has 0 saturated carbocycles. The summed E-state index contributed by atoms with van der Waals surface area (Å²) in [5, 5.41) is 2.51. The van der Waals surface area contributed by atoms with Crippen molar-refractivity contribution in [2.45, 2.75) is 33.1 Å².